The molecule has 17 heavy (non-hydrogen) atoms. The first-order valence-electron chi connectivity index (χ1n) is 5.77. The van der Waals surface area contributed by atoms with Gasteiger partial charge in [-0.05, 0) is 6.92 Å². The summed E-state index contributed by atoms with van der Waals surface area (Å²) in [7, 11) is 0. The monoisotopic (exact) mass is 255 g/mol. The van der Waals surface area contributed by atoms with Crippen LogP contribution < -0.4 is 5.32 Å². The van der Waals surface area contributed by atoms with Crippen molar-refractivity contribution >= 4 is 23.5 Å². The number of anilines is 1. The normalized spacial score (nSPS) is 17.0. The molecule has 5 nitrogen and oxygen atoms in total. The quantitative estimate of drug-likeness (QED) is 0.880. The fourth-order valence-corrected chi connectivity index (χ4v) is 2.69. The van der Waals surface area contributed by atoms with Gasteiger partial charge in [-0.1, -0.05) is 5.16 Å². The zero-order chi connectivity index (χ0) is 12.1. The van der Waals surface area contributed by atoms with Crippen molar-refractivity contribution in [1.82, 2.24) is 10.1 Å². The molecule has 0 atom stereocenters. The van der Waals surface area contributed by atoms with Gasteiger partial charge in [0, 0.05) is 43.6 Å². The largest absolute Gasteiger partial charge is 0.360 e. The van der Waals surface area contributed by atoms with E-state index in [1.807, 2.05) is 11.8 Å². The lowest BCUT2D eigenvalue weighted by atomic mass is 10.3. The van der Waals surface area contributed by atoms with Crippen LogP contribution in [0.4, 0.5) is 5.82 Å². The Hall–Kier alpha value is -1.01. The van der Waals surface area contributed by atoms with E-state index in [-0.39, 0.29) is 5.91 Å². The summed E-state index contributed by atoms with van der Waals surface area (Å²) in [5, 5.41) is 6.45. The van der Waals surface area contributed by atoms with Crippen LogP contribution in [0.25, 0.3) is 0 Å². The summed E-state index contributed by atoms with van der Waals surface area (Å²) in [5.41, 5.74) is 0. The van der Waals surface area contributed by atoms with E-state index in [0.717, 1.165) is 19.6 Å². The molecular formula is C11H17N3O2S. The van der Waals surface area contributed by atoms with Gasteiger partial charge in [0.25, 0.3) is 0 Å². The number of carbonyl (C=O) groups is 1. The molecule has 0 saturated carbocycles. The molecule has 0 radical (unpaired) electrons. The van der Waals surface area contributed by atoms with Gasteiger partial charge in [-0.25, -0.2) is 0 Å². The molecule has 1 saturated heterocycles. The predicted molar refractivity (Wildman–Crippen MR) is 68.3 cm³/mol. The number of hydrogen-bond acceptors (Lipinski definition) is 5. The fraction of sp³-hybridized carbons (Fsp3) is 0.636. The fourth-order valence-electron chi connectivity index (χ4n) is 1.72. The number of rotatable bonds is 4. The maximum absolute atomic E-state index is 11.6. The van der Waals surface area contributed by atoms with E-state index in [2.05, 4.69) is 15.4 Å². The van der Waals surface area contributed by atoms with E-state index in [9.17, 15) is 4.79 Å². The number of carbonyl (C=O) groups excluding carboxylic acids is 1. The SMILES string of the molecule is Cc1cc(NC(=O)CCN2CCSCC2)no1. The molecule has 2 heterocycles. The van der Waals surface area contributed by atoms with E-state index >= 15 is 0 Å². The third-order valence-corrected chi connectivity index (χ3v) is 3.60. The highest BCUT2D eigenvalue weighted by Gasteiger charge is 2.12. The predicted octanol–water partition coefficient (Wildman–Crippen LogP) is 1.36. The maximum atomic E-state index is 11.6. The number of nitrogens with one attached hydrogen (secondary N) is 1. The van der Waals surface area contributed by atoms with Crippen LogP contribution in [-0.2, 0) is 4.79 Å². The van der Waals surface area contributed by atoms with Crippen molar-refractivity contribution in [2.45, 2.75) is 13.3 Å². The minimum atomic E-state index is -0.00322. The number of amides is 1. The van der Waals surface area contributed by atoms with E-state index in [4.69, 9.17) is 4.52 Å². The van der Waals surface area contributed by atoms with E-state index in [1.165, 1.54) is 11.5 Å². The highest BCUT2D eigenvalue weighted by Crippen LogP contribution is 2.10. The summed E-state index contributed by atoms with van der Waals surface area (Å²) < 4.78 is 4.88. The summed E-state index contributed by atoms with van der Waals surface area (Å²) in [6.45, 7) is 4.79. The Morgan fingerprint density at radius 1 is 1.59 bits per heavy atom. The summed E-state index contributed by atoms with van der Waals surface area (Å²) in [4.78, 5) is 14.0. The topological polar surface area (TPSA) is 58.4 Å². The van der Waals surface area contributed by atoms with E-state index in [1.54, 1.807) is 13.0 Å². The van der Waals surface area contributed by atoms with Gasteiger partial charge in [-0.3, -0.25) is 4.79 Å². The van der Waals surface area contributed by atoms with Crippen molar-refractivity contribution in [2.24, 2.45) is 0 Å². The second kappa shape index (κ2) is 6.07. The lowest BCUT2D eigenvalue weighted by Crippen LogP contribution is -2.34. The van der Waals surface area contributed by atoms with Gasteiger partial charge in [0.05, 0.1) is 0 Å². The van der Waals surface area contributed by atoms with E-state index in [0.29, 0.717) is 18.0 Å². The molecule has 94 valence electrons. The van der Waals surface area contributed by atoms with Gasteiger partial charge in [0.15, 0.2) is 5.82 Å². The molecule has 1 aromatic heterocycles. The molecule has 0 aliphatic carbocycles. The smallest absolute Gasteiger partial charge is 0.226 e. The molecule has 0 bridgehead atoms. The Kier molecular flexibility index (Phi) is 4.44. The highest BCUT2D eigenvalue weighted by molar-refractivity contribution is 7.99. The van der Waals surface area contributed by atoms with Crippen molar-refractivity contribution in [1.29, 1.82) is 0 Å². The second-order valence-corrected chi connectivity index (χ2v) is 5.30. The van der Waals surface area contributed by atoms with Crippen LogP contribution >= 0.6 is 11.8 Å². The molecule has 0 spiro atoms. The Labute approximate surface area is 105 Å². The standard InChI is InChI=1S/C11H17N3O2S/c1-9-8-10(13-16-9)12-11(15)2-3-14-4-6-17-7-5-14/h8H,2-7H2,1H3,(H,12,13,15). The highest BCUT2D eigenvalue weighted by atomic mass is 32.2. The summed E-state index contributed by atoms with van der Waals surface area (Å²) in [5.74, 6) is 3.54. The van der Waals surface area contributed by atoms with Crippen molar-refractivity contribution in [3.8, 4) is 0 Å². The molecule has 1 amide bonds. The first-order valence-corrected chi connectivity index (χ1v) is 6.93. The molecule has 1 aliphatic heterocycles. The maximum Gasteiger partial charge on any atom is 0.226 e. The van der Waals surface area contributed by atoms with Gasteiger partial charge in [-0.2, -0.15) is 11.8 Å². The molecule has 0 aromatic carbocycles. The number of aromatic nitrogens is 1. The number of nitrogens with zero attached hydrogens (tertiary/aromatic N) is 2. The third-order valence-electron chi connectivity index (χ3n) is 2.65. The van der Waals surface area contributed by atoms with Crippen LogP contribution in [0, 0.1) is 6.92 Å². The number of aryl methyl sites for hydroxylation is 1. The Morgan fingerprint density at radius 2 is 2.35 bits per heavy atom. The Morgan fingerprint density at radius 3 is 3.00 bits per heavy atom. The van der Waals surface area contributed by atoms with Crippen LogP contribution in [-0.4, -0.2) is 47.1 Å². The lowest BCUT2D eigenvalue weighted by molar-refractivity contribution is -0.116. The van der Waals surface area contributed by atoms with Crippen molar-refractivity contribution in [3.05, 3.63) is 11.8 Å². The molecule has 1 aromatic rings. The molecule has 1 fully saturated rings. The zero-order valence-electron chi connectivity index (χ0n) is 9.94. The van der Waals surface area contributed by atoms with Gasteiger partial charge in [0.2, 0.25) is 5.91 Å². The summed E-state index contributed by atoms with van der Waals surface area (Å²) in [6, 6.07) is 1.72. The van der Waals surface area contributed by atoms with Crippen LogP contribution in [0.1, 0.15) is 12.2 Å². The molecule has 2 rings (SSSR count). The molecular weight excluding hydrogens is 238 g/mol. The molecule has 1 aliphatic rings. The minimum Gasteiger partial charge on any atom is -0.360 e. The Balaban J connectivity index is 1.70. The molecule has 1 N–H and O–H groups in total. The first-order chi connectivity index (χ1) is 8.24. The van der Waals surface area contributed by atoms with Crippen molar-refractivity contribution < 1.29 is 9.32 Å². The Bertz CT molecular complexity index is 375. The zero-order valence-corrected chi connectivity index (χ0v) is 10.8. The van der Waals surface area contributed by atoms with Gasteiger partial charge in [-0.15, -0.1) is 0 Å². The van der Waals surface area contributed by atoms with Gasteiger partial charge < -0.3 is 14.7 Å². The van der Waals surface area contributed by atoms with Crippen molar-refractivity contribution in [3.63, 3.8) is 0 Å². The summed E-state index contributed by atoms with van der Waals surface area (Å²) >= 11 is 1.97. The average Bonchev–Trinajstić information content (AvgIpc) is 2.73. The van der Waals surface area contributed by atoms with Crippen LogP contribution in [0.15, 0.2) is 10.6 Å². The second-order valence-electron chi connectivity index (χ2n) is 4.07. The van der Waals surface area contributed by atoms with Crippen LogP contribution in [0.3, 0.4) is 0 Å². The van der Waals surface area contributed by atoms with Crippen LogP contribution in [0.2, 0.25) is 0 Å². The van der Waals surface area contributed by atoms with E-state index < -0.39 is 0 Å². The molecule has 0 unspecified atom stereocenters. The third kappa shape index (κ3) is 4.05. The van der Waals surface area contributed by atoms with Gasteiger partial charge in [0.1, 0.15) is 5.76 Å². The first kappa shape index (κ1) is 12.4. The minimum absolute atomic E-state index is 0.00322. The molecule has 6 heteroatoms. The lowest BCUT2D eigenvalue weighted by Gasteiger charge is -2.25. The van der Waals surface area contributed by atoms with Crippen molar-refractivity contribution in [2.75, 3.05) is 36.5 Å². The van der Waals surface area contributed by atoms with Crippen LogP contribution in [0.5, 0.6) is 0 Å². The number of hydrogen-bond donors (Lipinski definition) is 1. The van der Waals surface area contributed by atoms with Gasteiger partial charge >= 0.3 is 0 Å². The average molecular weight is 255 g/mol. The summed E-state index contributed by atoms with van der Waals surface area (Å²) in [6.07, 6.45) is 0.510. The number of thioether (sulfide) groups is 1.